The molecule has 3 rings (SSSR count). The molecule has 0 atom stereocenters. The number of nitrogens with zero attached hydrogens (tertiary/aromatic N) is 3. The Bertz CT molecular complexity index is 1000. The second-order valence-electron chi connectivity index (χ2n) is 5.87. The van der Waals surface area contributed by atoms with E-state index in [0.717, 1.165) is 24.8 Å². The number of hydrogen-bond acceptors (Lipinski definition) is 7. The van der Waals surface area contributed by atoms with Gasteiger partial charge >= 0.3 is 12.0 Å². The van der Waals surface area contributed by atoms with Crippen LogP contribution in [0.25, 0.3) is 5.57 Å². The summed E-state index contributed by atoms with van der Waals surface area (Å²) in [7, 11) is -2.71. The SMILES string of the molecule is COc1nc(C)nc(NC(=O)NS(=O)(=O)c2ccccc2C2=CCCC2)n1. The van der Waals surface area contributed by atoms with Crippen molar-refractivity contribution in [3.63, 3.8) is 0 Å². The van der Waals surface area contributed by atoms with Gasteiger partial charge in [-0.3, -0.25) is 5.32 Å². The van der Waals surface area contributed by atoms with Gasteiger partial charge in [0, 0.05) is 0 Å². The maximum Gasteiger partial charge on any atom is 0.335 e. The Kier molecular flexibility index (Phi) is 5.36. The van der Waals surface area contributed by atoms with Crippen LogP contribution in [0.5, 0.6) is 6.01 Å². The van der Waals surface area contributed by atoms with Crippen LogP contribution in [0.2, 0.25) is 0 Å². The molecule has 0 unspecified atom stereocenters. The van der Waals surface area contributed by atoms with Crippen LogP contribution in [-0.2, 0) is 10.0 Å². The lowest BCUT2D eigenvalue weighted by Gasteiger charge is -2.12. The van der Waals surface area contributed by atoms with Crippen molar-refractivity contribution in [3.8, 4) is 6.01 Å². The van der Waals surface area contributed by atoms with E-state index >= 15 is 0 Å². The number of carbonyl (C=O) groups excluding carboxylic acids is 1. The molecule has 1 aromatic carbocycles. The molecule has 0 saturated heterocycles. The summed E-state index contributed by atoms with van der Waals surface area (Å²) in [6.45, 7) is 1.59. The molecule has 2 aromatic rings. The largest absolute Gasteiger partial charge is 0.467 e. The van der Waals surface area contributed by atoms with Gasteiger partial charge in [0.05, 0.1) is 12.0 Å². The number of rotatable bonds is 5. The monoisotopic (exact) mass is 389 g/mol. The third kappa shape index (κ3) is 4.40. The molecule has 1 aliphatic rings. The maximum absolute atomic E-state index is 12.7. The zero-order valence-corrected chi connectivity index (χ0v) is 15.7. The lowest BCUT2D eigenvalue weighted by atomic mass is 10.1. The van der Waals surface area contributed by atoms with Crippen LogP contribution in [0.1, 0.15) is 30.7 Å². The van der Waals surface area contributed by atoms with E-state index in [-0.39, 0.29) is 16.9 Å². The third-order valence-electron chi connectivity index (χ3n) is 3.93. The third-order valence-corrected chi connectivity index (χ3v) is 5.31. The number of aryl methyl sites for hydroxylation is 1. The summed E-state index contributed by atoms with van der Waals surface area (Å²) in [5, 5.41) is 2.29. The highest BCUT2D eigenvalue weighted by atomic mass is 32.2. The molecule has 27 heavy (non-hydrogen) atoms. The van der Waals surface area contributed by atoms with E-state index in [1.807, 2.05) is 10.8 Å². The maximum atomic E-state index is 12.7. The fraction of sp³-hybridized carbons (Fsp3) is 0.294. The number of hydrogen-bond donors (Lipinski definition) is 2. The van der Waals surface area contributed by atoms with Gasteiger partial charge < -0.3 is 4.74 Å². The Morgan fingerprint density at radius 2 is 1.96 bits per heavy atom. The Hall–Kier alpha value is -3.01. The first-order chi connectivity index (χ1) is 12.9. The molecule has 9 nitrogen and oxygen atoms in total. The predicted octanol–water partition coefficient (Wildman–Crippen LogP) is 2.27. The highest BCUT2D eigenvalue weighted by Crippen LogP contribution is 2.31. The summed E-state index contributed by atoms with van der Waals surface area (Å²) in [5.74, 6) is 0.206. The first-order valence-electron chi connectivity index (χ1n) is 8.28. The Morgan fingerprint density at radius 1 is 1.19 bits per heavy atom. The van der Waals surface area contributed by atoms with E-state index in [1.54, 1.807) is 25.1 Å². The topological polar surface area (TPSA) is 123 Å². The average molecular weight is 389 g/mol. The van der Waals surface area contributed by atoms with Gasteiger partial charge in [0.2, 0.25) is 5.95 Å². The van der Waals surface area contributed by atoms with Crippen molar-refractivity contribution >= 4 is 27.6 Å². The van der Waals surface area contributed by atoms with Crippen LogP contribution >= 0.6 is 0 Å². The van der Waals surface area contributed by atoms with Gasteiger partial charge in [-0.2, -0.15) is 15.0 Å². The molecule has 0 saturated carbocycles. The van der Waals surface area contributed by atoms with Crippen LogP contribution in [-0.4, -0.2) is 36.5 Å². The molecule has 2 N–H and O–H groups in total. The van der Waals surface area contributed by atoms with Crippen molar-refractivity contribution in [2.75, 3.05) is 12.4 Å². The number of aromatic nitrogens is 3. The molecule has 0 bridgehead atoms. The first kappa shape index (κ1) is 18.8. The number of nitrogens with one attached hydrogen (secondary N) is 2. The molecule has 0 aliphatic heterocycles. The van der Waals surface area contributed by atoms with Crippen LogP contribution in [0.3, 0.4) is 0 Å². The summed E-state index contributed by atoms with van der Waals surface area (Å²) < 4.78 is 32.3. The van der Waals surface area contributed by atoms with E-state index in [4.69, 9.17) is 4.74 Å². The number of anilines is 1. The van der Waals surface area contributed by atoms with Gasteiger partial charge in [-0.15, -0.1) is 0 Å². The van der Waals surface area contributed by atoms with Gasteiger partial charge in [-0.1, -0.05) is 24.3 Å². The van der Waals surface area contributed by atoms with Crippen molar-refractivity contribution in [2.45, 2.75) is 31.1 Å². The molecule has 1 aromatic heterocycles. The van der Waals surface area contributed by atoms with E-state index < -0.39 is 16.1 Å². The lowest BCUT2D eigenvalue weighted by molar-refractivity contribution is 0.256. The van der Waals surface area contributed by atoms with Crippen molar-refractivity contribution in [3.05, 3.63) is 41.7 Å². The van der Waals surface area contributed by atoms with Crippen LogP contribution in [0.15, 0.2) is 35.2 Å². The van der Waals surface area contributed by atoms with Gasteiger partial charge in [0.15, 0.2) is 0 Å². The van der Waals surface area contributed by atoms with Crippen molar-refractivity contribution < 1.29 is 17.9 Å². The van der Waals surface area contributed by atoms with Crippen molar-refractivity contribution in [2.24, 2.45) is 0 Å². The summed E-state index contributed by atoms with van der Waals surface area (Å²) >= 11 is 0. The van der Waals surface area contributed by atoms with Crippen LogP contribution in [0.4, 0.5) is 10.7 Å². The zero-order chi connectivity index (χ0) is 19.4. The minimum absolute atomic E-state index is 0.0131. The number of amides is 2. The number of methoxy groups -OCH3 is 1. The fourth-order valence-corrected chi connectivity index (χ4v) is 3.94. The highest BCUT2D eigenvalue weighted by Gasteiger charge is 2.23. The number of urea groups is 1. The van der Waals surface area contributed by atoms with Crippen LogP contribution in [0, 0.1) is 6.92 Å². The van der Waals surface area contributed by atoms with Gasteiger partial charge in [0.1, 0.15) is 5.82 Å². The van der Waals surface area contributed by atoms with E-state index in [0.29, 0.717) is 11.4 Å². The number of carbonyl (C=O) groups is 1. The average Bonchev–Trinajstić information content (AvgIpc) is 3.15. The van der Waals surface area contributed by atoms with Crippen molar-refractivity contribution in [1.82, 2.24) is 19.7 Å². The molecule has 0 spiro atoms. The van der Waals surface area contributed by atoms with E-state index in [1.165, 1.54) is 13.2 Å². The quantitative estimate of drug-likeness (QED) is 0.804. The predicted molar refractivity (Wildman–Crippen MR) is 98.7 cm³/mol. The summed E-state index contributed by atoms with van der Waals surface area (Å²) in [4.78, 5) is 23.9. The minimum atomic E-state index is -4.08. The molecule has 142 valence electrons. The molecular weight excluding hydrogens is 370 g/mol. The molecule has 0 fully saturated rings. The number of benzene rings is 1. The van der Waals surface area contributed by atoms with Gasteiger partial charge in [-0.05, 0) is 43.4 Å². The van der Waals surface area contributed by atoms with Crippen molar-refractivity contribution in [1.29, 1.82) is 0 Å². The summed E-state index contributed by atoms with van der Waals surface area (Å²) in [6.07, 6.45) is 4.73. The Morgan fingerprint density at radius 3 is 2.67 bits per heavy atom. The zero-order valence-electron chi connectivity index (χ0n) is 14.9. The van der Waals surface area contributed by atoms with Crippen LogP contribution < -0.4 is 14.8 Å². The minimum Gasteiger partial charge on any atom is -0.467 e. The highest BCUT2D eigenvalue weighted by molar-refractivity contribution is 7.90. The number of sulfonamides is 1. The lowest BCUT2D eigenvalue weighted by Crippen LogP contribution is -2.35. The molecular formula is C17H19N5O4S. The van der Waals surface area contributed by atoms with E-state index in [2.05, 4.69) is 20.3 Å². The molecule has 0 radical (unpaired) electrons. The normalized spacial score (nSPS) is 13.8. The second-order valence-corrected chi connectivity index (χ2v) is 7.52. The number of ether oxygens (including phenoxy) is 1. The van der Waals surface area contributed by atoms with Gasteiger partial charge in [0.25, 0.3) is 10.0 Å². The Labute approximate surface area is 157 Å². The molecule has 10 heteroatoms. The fourth-order valence-electron chi connectivity index (χ4n) is 2.79. The van der Waals surface area contributed by atoms with E-state index in [9.17, 15) is 13.2 Å². The summed E-state index contributed by atoms with van der Waals surface area (Å²) in [6, 6.07) is 5.64. The smallest absolute Gasteiger partial charge is 0.335 e. The number of allylic oxidation sites excluding steroid dienone is 2. The molecule has 1 aliphatic carbocycles. The first-order valence-corrected chi connectivity index (χ1v) is 9.76. The Balaban J connectivity index is 1.81. The molecule has 2 amide bonds. The standard InChI is InChI=1S/C17H19N5O4S/c1-11-18-15(21-17(19-11)26-2)20-16(23)22-27(24,25)14-10-6-5-9-13(14)12-7-3-4-8-12/h5-7,9-10H,3-4,8H2,1-2H3,(H2,18,19,20,21,22,23). The second kappa shape index (κ2) is 7.70. The van der Waals surface area contributed by atoms with Gasteiger partial charge in [-0.25, -0.2) is 17.9 Å². The molecule has 1 heterocycles. The summed E-state index contributed by atoms with van der Waals surface area (Å²) in [5.41, 5.74) is 1.57.